The van der Waals surface area contributed by atoms with Crippen molar-refractivity contribution >= 4 is 26.0 Å². The highest BCUT2D eigenvalue weighted by Crippen LogP contribution is 2.09. The maximum absolute atomic E-state index is 12.0. The van der Waals surface area contributed by atoms with E-state index in [9.17, 15) is 17.2 Å². The number of halogens is 3. The zero-order valence-corrected chi connectivity index (χ0v) is 10.6. The summed E-state index contributed by atoms with van der Waals surface area (Å²) in [4.78, 5) is 0. The molecule has 3 nitrogen and oxygen atoms in total. The SMILES string of the molecule is O=S(=O)(NCc1ccc(CBr)cc1)C(F)F. The Labute approximate surface area is 101 Å². The van der Waals surface area contributed by atoms with E-state index in [1.165, 1.54) is 0 Å². The fourth-order valence-corrected chi connectivity index (χ4v) is 1.86. The van der Waals surface area contributed by atoms with E-state index < -0.39 is 15.8 Å². The molecule has 7 heteroatoms. The molecule has 0 unspecified atom stereocenters. The molecule has 1 aromatic rings. The largest absolute Gasteiger partial charge is 0.350 e. The van der Waals surface area contributed by atoms with Crippen molar-refractivity contribution in [3.05, 3.63) is 35.4 Å². The lowest BCUT2D eigenvalue weighted by molar-refractivity contribution is 0.232. The summed E-state index contributed by atoms with van der Waals surface area (Å²) in [7, 11) is -4.50. The minimum absolute atomic E-state index is 0.130. The molecule has 0 bridgehead atoms. The predicted octanol–water partition coefficient (Wildman–Crippen LogP) is 2.22. The minimum Gasteiger partial charge on any atom is -0.206 e. The third kappa shape index (κ3) is 3.80. The molecule has 0 radical (unpaired) electrons. The molecule has 0 spiro atoms. The minimum atomic E-state index is -4.50. The summed E-state index contributed by atoms with van der Waals surface area (Å²) in [6.07, 6.45) is 0. The molecule has 1 rings (SSSR count). The highest BCUT2D eigenvalue weighted by Gasteiger charge is 2.22. The zero-order valence-electron chi connectivity index (χ0n) is 8.16. The molecule has 90 valence electrons. The fourth-order valence-electron chi connectivity index (χ4n) is 0.993. The Bertz CT molecular complexity index is 433. The van der Waals surface area contributed by atoms with Gasteiger partial charge in [0.05, 0.1) is 0 Å². The normalized spacial score (nSPS) is 12.0. The van der Waals surface area contributed by atoms with E-state index in [-0.39, 0.29) is 6.54 Å². The smallest absolute Gasteiger partial charge is 0.206 e. The first-order valence-corrected chi connectivity index (χ1v) is 7.03. The topological polar surface area (TPSA) is 46.2 Å². The molecule has 0 saturated heterocycles. The lowest BCUT2D eigenvalue weighted by Crippen LogP contribution is -2.28. The predicted molar refractivity (Wildman–Crippen MR) is 60.8 cm³/mol. The molecule has 0 fully saturated rings. The average Bonchev–Trinajstić information content (AvgIpc) is 2.27. The van der Waals surface area contributed by atoms with Crippen molar-refractivity contribution in [2.75, 3.05) is 0 Å². The van der Waals surface area contributed by atoms with Gasteiger partial charge in [0.15, 0.2) is 0 Å². The van der Waals surface area contributed by atoms with Crippen molar-refractivity contribution in [3.8, 4) is 0 Å². The van der Waals surface area contributed by atoms with Crippen LogP contribution in [0.4, 0.5) is 8.78 Å². The van der Waals surface area contributed by atoms with Gasteiger partial charge in [-0.05, 0) is 11.1 Å². The number of rotatable bonds is 5. The number of nitrogens with one attached hydrogen (secondary N) is 1. The molecule has 1 aromatic carbocycles. The van der Waals surface area contributed by atoms with E-state index >= 15 is 0 Å². The van der Waals surface area contributed by atoms with Crippen LogP contribution < -0.4 is 4.72 Å². The number of benzene rings is 1. The van der Waals surface area contributed by atoms with Crippen LogP contribution in [-0.2, 0) is 21.9 Å². The van der Waals surface area contributed by atoms with Crippen LogP contribution in [0.3, 0.4) is 0 Å². The lowest BCUT2D eigenvalue weighted by atomic mass is 10.2. The molecule has 0 aliphatic carbocycles. The average molecular weight is 314 g/mol. The molecule has 0 saturated carbocycles. The van der Waals surface area contributed by atoms with E-state index in [2.05, 4.69) is 15.9 Å². The van der Waals surface area contributed by atoms with Crippen LogP contribution in [-0.4, -0.2) is 14.2 Å². The Hall–Kier alpha value is -0.530. The molecule has 0 aliphatic rings. The molecular weight excluding hydrogens is 304 g/mol. The van der Waals surface area contributed by atoms with Gasteiger partial charge in [-0.2, -0.15) is 8.78 Å². The molecular formula is C9H10BrF2NO2S. The molecule has 0 heterocycles. The maximum Gasteiger partial charge on any atom is 0.350 e. The summed E-state index contributed by atoms with van der Waals surface area (Å²) in [5.74, 6) is -3.39. The summed E-state index contributed by atoms with van der Waals surface area (Å²) in [5.41, 5.74) is 1.66. The second kappa shape index (κ2) is 5.70. The van der Waals surface area contributed by atoms with E-state index in [0.717, 1.165) is 5.56 Å². The van der Waals surface area contributed by atoms with E-state index in [1.807, 2.05) is 4.72 Å². The molecule has 0 atom stereocenters. The molecule has 0 amide bonds. The second-order valence-corrected chi connectivity index (χ2v) is 5.37. The number of hydrogen-bond donors (Lipinski definition) is 1. The van der Waals surface area contributed by atoms with Crippen LogP contribution in [0.15, 0.2) is 24.3 Å². The van der Waals surface area contributed by atoms with E-state index in [1.54, 1.807) is 24.3 Å². The number of alkyl halides is 3. The molecule has 1 N–H and O–H groups in total. The first-order chi connectivity index (χ1) is 7.45. The summed E-state index contributed by atoms with van der Waals surface area (Å²) in [5, 5.41) is 0.691. The van der Waals surface area contributed by atoms with Gasteiger partial charge in [0, 0.05) is 11.9 Å². The highest BCUT2D eigenvalue weighted by atomic mass is 79.9. The third-order valence-electron chi connectivity index (χ3n) is 1.89. The number of hydrogen-bond acceptors (Lipinski definition) is 2. The van der Waals surface area contributed by atoms with Crippen molar-refractivity contribution in [2.45, 2.75) is 17.6 Å². The van der Waals surface area contributed by atoms with E-state index in [0.29, 0.717) is 10.9 Å². The maximum atomic E-state index is 12.0. The molecule has 16 heavy (non-hydrogen) atoms. The Morgan fingerprint density at radius 3 is 2.12 bits per heavy atom. The first kappa shape index (κ1) is 13.5. The number of sulfonamides is 1. The summed E-state index contributed by atoms with van der Waals surface area (Å²) in [6.45, 7) is -0.130. The van der Waals surface area contributed by atoms with Gasteiger partial charge in [-0.25, -0.2) is 13.1 Å². The Kier molecular flexibility index (Phi) is 4.82. The zero-order chi connectivity index (χ0) is 12.2. The second-order valence-electron chi connectivity index (χ2n) is 3.08. The van der Waals surface area contributed by atoms with Crippen molar-refractivity contribution in [2.24, 2.45) is 0 Å². The standard InChI is InChI=1S/C9H10BrF2NO2S/c10-5-7-1-3-8(4-2-7)6-13-16(14,15)9(11)12/h1-4,9,13H,5-6H2. The Morgan fingerprint density at radius 2 is 1.69 bits per heavy atom. The Morgan fingerprint density at radius 1 is 1.19 bits per heavy atom. The lowest BCUT2D eigenvalue weighted by Gasteiger charge is -2.05. The Balaban J connectivity index is 2.62. The third-order valence-corrected chi connectivity index (χ3v) is 3.55. The van der Waals surface area contributed by atoms with Gasteiger partial charge in [0.1, 0.15) is 0 Å². The van der Waals surface area contributed by atoms with Crippen LogP contribution in [0, 0.1) is 0 Å². The van der Waals surface area contributed by atoms with Crippen molar-refractivity contribution in [3.63, 3.8) is 0 Å². The highest BCUT2D eigenvalue weighted by molar-refractivity contribution is 9.08. The summed E-state index contributed by atoms with van der Waals surface area (Å²) >= 11 is 3.26. The summed E-state index contributed by atoms with van der Waals surface area (Å²) in [6, 6.07) is 6.96. The van der Waals surface area contributed by atoms with Crippen LogP contribution in [0.1, 0.15) is 11.1 Å². The molecule has 0 aliphatic heterocycles. The van der Waals surface area contributed by atoms with Gasteiger partial charge in [-0.3, -0.25) is 0 Å². The fraction of sp³-hybridized carbons (Fsp3) is 0.333. The van der Waals surface area contributed by atoms with Crippen LogP contribution in [0.2, 0.25) is 0 Å². The van der Waals surface area contributed by atoms with Gasteiger partial charge in [-0.15, -0.1) is 0 Å². The van der Waals surface area contributed by atoms with Crippen LogP contribution in [0.5, 0.6) is 0 Å². The van der Waals surface area contributed by atoms with Crippen molar-refractivity contribution < 1.29 is 17.2 Å². The van der Waals surface area contributed by atoms with Crippen molar-refractivity contribution in [1.29, 1.82) is 0 Å². The van der Waals surface area contributed by atoms with Gasteiger partial charge in [0.2, 0.25) is 0 Å². The monoisotopic (exact) mass is 313 g/mol. The van der Waals surface area contributed by atoms with Gasteiger partial charge < -0.3 is 0 Å². The first-order valence-electron chi connectivity index (χ1n) is 4.36. The van der Waals surface area contributed by atoms with E-state index in [4.69, 9.17) is 0 Å². The van der Waals surface area contributed by atoms with Crippen molar-refractivity contribution in [1.82, 2.24) is 4.72 Å². The van der Waals surface area contributed by atoms with Crippen LogP contribution >= 0.6 is 15.9 Å². The molecule has 0 aromatic heterocycles. The quantitative estimate of drug-likeness (QED) is 0.847. The van der Waals surface area contributed by atoms with Gasteiger partial charge >= 0.3 is 5.76 Å². The summed E-state index contributed by atoms with van der Waals surface area (Å²) < 4.78 is 47.3. The van der Waals surface area contributed by atoms with Gasteiger partial charge in [-0.1, -0.05) is 40.2 Å². The van der Waals surface area contributed by atoms with Crippen LogP contribution in [0.25, 0.3) is 0 Å². The van der Waals surface area contributed by atoms with Gasteiger partial charge in [0.25, 0.3) is 10.0 Å².